The summed E-state index contributed by atoms with van der Waals surface area (Å²) in [6.07, 6.45) is 0. The highest BCUT2D eigenvalue weighted by atomic mass is 35.5. The van der Waals surface area contributed by atoms with Gasteiger partial charge in [0.15, 0.2) is 0 Å². The van der Waals surface area contributed by atoms with Crippen LogP contribution in [0.1, 0.15) is 5.56 Å². The van der Waals surface area contributed by atoms with Crippen LogP contribution in [0.15, 0.2) is 47.4 Å². The van der Waals surface area contributed by atoms with E-state index in [-0.39, 0.29) is 16.5 Å². The van der Waals surface area contributed by atoms with E-state index in [0.29, 0.717) is 11.4 Å². The van der Waals surface area contributed by atoms with Crippen molar-refractivity contribution in [3.8, 4) is 5.75 Å². The molecule has 2 rings (SSSR count). The zero-order valence-corrected chi connectivity index (χ0v) is 12.9. The number of benzene rings is 2. The lowest BCUT2D eigenvalue weighted by atomic mass is 10.2. The number of para-hydroxylation sites is 1. The predicted molar refractivity (Wildman–Crippen MR) is 82.9 cm³/mol. The zero-order valence-electron chi connectivity index (χ0n) is 11.3. The van der Waals surface area contributed by atoms with Crippen molar-refractivity contribution in [1.82, 2.24) is 4.72 Å². The standard InChI is InChI=1S/C14H15ClN2O3S/c1-20-13-5-3-2-4-10(13)9-17-21(18,19)14-8-11(16)6-7-12(14)15/h2-8,17H,9,16H2,1H3. The minimum Gasteiger partial charge on any atom is -0.496 e. The molecule has 0 bridgehead atoms. The Morgan fingerprint density at radius 1 is 1.24 bits per heavy atom. The normalized spacial score (nSPS) is 11.3. The quantitative estimate of drug-likeness (QED) is 0.827. The predicted octanol–water partition coefficient (Wildman–Crippen LogP) is 2.41. The molecule has 0 aliphatic rings. The number of nitrogens with one attached hydrogen (secondary N) is 1. The van der Waals surface area contributed by atoms with Gasteiger partial charge in [0, 0.05) is 17.8 Å². The van der Waals surface area contributed by atoms with Crippen molar-refractivity contribution in [1.29, 1.82) is 0 Å². The van der Waals surface area contributed by atoms with Gasteiger partial charge >= 0.3 is 0 Å². The monoisotopic (exact) mass is 326 g/mol. The van der Waals surface area contributed by atoms with E-state index < -0.39 is 10.0 Å². The van der Waals surface area contributed by atoms with E-state index in [1.54, 1.807) is 24.3 Å². The summed E-state index contributed by atoms with van der Waals surface area (Å²) in [5.41, 5.74) is 6.66. The van der Waals surface area contributed by atoms with E-state index in [1.165, 1.54) is 19.2 Å². The lowest BCUT2D eigenvalue weighted by molar-refractivity contribution is 0.409. The highest BCUT2D eigenvalue weighted by Crippen LogP contribution is 2.24. The molecular formula is C14H15ClN2O3S. The zero-order chi connectivity index (χ0) is 15.5. The van der Waals surface area contributed by atoms with E-state index in [4.69, 9.17) is 22.1 Å². The molecule has 21 heavy (non-hydrogen) atoms. The number of hydrogen-bond acceptors (Lipinski definition) is 4. The van der Waals surface area contributed by atoms with Crippen LogP contribution in [0.5, 0.6) is 5.75 Å². The molecule has 7 heteroatoms. The Kier molecular flexibility index (Phi) is 4.72. The van der Waals surface area contributed by atoms with Crippen LogP contribution in [0.2, 0.25) is 5.02 Å². The van der Waals surface area contributed by atoms with Gasteiger partial charge in [-0.1, -0.05) is 29.8 Å². The molecule has 0 aromatic heterocycles. The van der Waals surface area contributed by atoms with E-state index in [0.717, 1.165) is 5.56 Å². The van der Waals surface area contributed by atoms with Crippen molar-refractivity contribution < 1.29 is 13.2 Å². The van der Waals surface area contributed by atoms with Crippen LogP contribution in [0, 0.1) is 0 Å². The molecule has 0 fully saturated rings. The molecule has 0 unspecified atom stereocenters. The molecule has 0 saturated carbocycles. The SMILES string of the molecule is COc1ccccc1CNS(=O)(=O)c1cc(N)ccc1Cl. The van der Waals surface area contributed by atoms with E-state index in [1.807, 2.05) is 6.07 Å². The van der Waals surface area contributed by atoms with Crippen molar-refractivity contribution in [2.75, 3.05) is 12.8 Å². The van der Waals surface area contributed by atoms with Crippen molar-refractivity contribution in [2.24, 2.45) is 0 Å². The molecule has 112 valence electrons. The molecule has 0 atom stereocenters. The third kappa shape index (κ3) is 3.66. The summed E-state index contributed by atoms with van der Waals surface area (Å²) in [5, 5.41) is 0.122. The van der Waals surface area contributed by atoms with Gasteiger partial charge in [-0.3, -0.25) is 0 Å². The fourth-order valence-electron chi connectivity index (χ4n) is 1.83. The van der Waals surface area contributed by atoms with Gasteiger partial charge in [-0.15, -0.1) is 0 Å². The smallest absolute Gasteiger partial charge is 0.242 e. The van der Waals surface area contributed by atoms with Crippen LogP contribution < -0.4 is 15.2 Å². The Bertz CT molecular complexity index is 748. The molecular weight excluding hydrogens is 312 g/mol. The number of hydrogen-bond donors (Lipinski definition) is 2. The van der Waals surface area contributed by atoms with E-state index in [2.05, 4.69) is 4.72 Å². The molecule has 3 N–H and O–H groups in total. The summed E-state index contributed by atoms with van der Waals surface area (Å²) in [5.74, 6) is 0.610. The van der Waals surface area contributed by atoms with Gasteiger partial charge in [0.2, 0.25) is 10.0 Å². The first-order chi connectivity index (χ1) is 9.94. The highest BCUT2D eigenvalue weighted by molar-refractivity contribution is 7.89. The fourth-order valence-corrected chi connectivity index (χ4v) is 3.36. The Balaban J connectivity index is 2.24. The molecule has 0 heterocycles. The molecule has 5 nitrogen and oxygen atoms in total. The summed E-state index contributed by atoms with van der Waals surface area (Å²) in [6.45, 7) is 0.0947. The summed E-state index contributed by atoms with van der Waals surface area (Å²) >= 11 is 5.92. The van der Waals surface area contributed by atoms with Gasteiger partial charge in [0.05, 0.1) is 12.1 Å². The number of ether oxygens (including phenoxy) is 1. The molecule has 0 aliphatic carbocycles. The second-order valence-electron chi connectivity index (χ2n) is 4.33. The van der Waals surface area contributed by atoms with Gasteiger partial charge in [0.1, 0.15) is 10.6 Å². The number of rotatable bonds is 5. The average molecular weight is 327 g/mol. The van der Waals surface area contributed by atoms with Crippen LogP contribution in [0.25, 0.3) is 0 Å². The third-order valence-corrected chi connectivity index (χ3v) is 4.77. The number of sulfonamides is 1. The first kappa shape index (κ1) is 15.6. The largest absolute Gasteiger partial charge is 0.496 e. The van der Waals surface area contributed by atoms with Gasteiger partial charge in [-0.2, -0.15) is 0 Å². The maximum atomic E-state index is 12.3. The molecule has 0 aliphatic heterocycles. The number of nitrogens with two attached hydrogens (primary N) is 1. The average Bonchev–Trinajstić information content (AvgIpc) is 2.48. The Hall–Kier alpha value is -1.76. The minimum absolute atomic E-state index is 0.0425. The molecule has 0 saturated heterocycles. The van der Waals surface area contributed by atoms with E-state index in [9.17, 15) is 8.42 Å². The molecule has 2 aromatic carbocycles. The van der Waals surface area contributed by atoms with Crippen LogP contribution in [0.4, 0.5) is 5.69 Å². The fraction of sp³-hybridized carbons (Fsp3) is 0.143. The van der Waals surface area contributed by atoms with Crippen molar-refractivity contribution in [3.05, 3.63) is 53.1 Å². The van der Waals surface area contributed by atoms with Crippen LogP contribution in [0.3, 0.4) is 0 Å². The van der Waals surface area contributed by atoms with Crippen molar-refractivity contribution in [2.45, 2.75) is 11.4 Å². The lowest BCUT2D eigenvalue weighted by Crippen LogP contribution is -2.24. The molecule has 0 radical (unpaired) electrons. The number of halogens is 1. The van der Waals surface area contributed by atoms with Gasteiger partial charge in [-0.25, -0.2) is 13.1 Å². The number of anilines is 1. The Morgan fingerprint density at radius 3 is 2.67 bits per heavy atom. The minimum atomic E-state index is -3.75. The lowest BCUT2D eigenvalue weighted by Gasteiger charge is -2.11. The maximum Gasteiger partial charge on any atom is 0.242 e. The summed E-state index contributed by atoms with van der Waals surface area (Å²) < 4.78 is 32.2. The Labute approximate surface area is 128 Å². The topological polar surface area (TPSA) is 81.4 Å². The second kappa shape index (κ2) is 6.34. The first-order valence-corrected chi connectivity index (χ1v) is 7.97. The summed E-state index contributed by atoms with van der Waals surface area (Å²) in [4.78, 5) is -0.0425. The van der Waals surface area contributed by atoms with E-state index >= 15 is 0 Å². The first-order valence-electron chi connectivity index (χ1n) is 6.10. The molecule has 2 aromatic rings. The van der Waals surface area contributed by atoms with Crippen LogP contribution in [-0.2, 0) is 16.6 Å². The number of methoxy groups -OCH3 is 1. The van der Waals surface area contributed by atoms with Crippen LogP contribution in [-0.4, -0.2) is 15.5 Å². The maximum absolute atomic E-state index is 12.3. The van der Waals surface area contributed by atoms with Crippen molar-refractivity contribution in [3.63, 3.8) is 0 Å². The van der Waals surface area contributed by atoms with Gasteiger partial charge in [-0.05, 0) is 24.3 Å². The second-order valence-corrected chi connectivity index (χ2v) is 6.47. The Morgan fingerprint density at radius 2 is 1.95 bits per heavy atom. The number of nitrogen functional groups attached to an aromatic ring is 1. The van der Waals surface area contributed by atoms with Gasteiger partial charge in [0.25, 0.3) is 0 Å². The summed E-state index contributed by atoms with van der Waals surface area (Å²) in [7, 11) is -2.22. The third-order valence-electron chi connectivity index (χ3n) is 2.89. The van der Waals surface area contributed by atoms with Crippen LogP contribution >= 0.6 is 11.6 Å². The molecule has 0 amide bonds. The van der Waals surface area contributed by atoms with Gasteiger partial charge < -0.3 is 10.5 Å². The highest BCUT2D eigenvalue weighted by Gasteiger charge is 2.18. The summed E-state index contributed by atoms with van der Waals surface area (Å²) in [6, 6.07) is 11.5. The van der Waals surface area contributed by atoms with Crippen molar-refractivity contribution >= 4 is 27.3 Å². The molecule has 0 spiro atoms.